The predicted octanol–water partition coefficient (Wildman–Crippen LogP) is 4.46. The zero-order chi connectivity index (χ0) is 15.5. The van der Waals surface area contributed by atoms with E-state index in [4.69, 9.17) is 0 Å². The Morgan fingerprint density at radius 1 is 0.905 bits per heavy atom. The Balaban J connectivity index is 2.17. The van der Waals surface area contributed by atoms with Gasteiger partial charge in [-0.25, -0.2) is 0 Å². The molecule has 0 radical (unpaired) electrons. The molecule has 0 saturated carbocycles. The van der Waals surface area contributed by atoms with Gasteiger partial charge >= 0.3 is 0 Å². The minimum Gasteiger partial charge on any atom is -0.315 e. The topological polar surface area (TPSA) is 15.3 Å². The van der Waals surface area contributed by atoms with E-state index >= 15 is 0 Å². The lowest BCUT2D eigenvalue weighted by Gasteiger charge is -2.26. The van der Waals surface area contributed by atoms with E-state index in [1.165, 1.54) is 37.8 Å². The van der Waals surface area contributed by atoms with Gasteiger partial charge in [-0.3, -0.25) is 4.90 Å². The van der Waals surface area contributed by atoms with Crippen LogP contribution in [0.3, 0.4) is 0 Å². The number of rotatable bonds is 11. The molecule has 0 aliphatic carbocycles. The number of hydrogen-bond donors (Lipinski definition) is 1. The Morgan fingerprint density at radius 3 is 2.19 bits per heavy atom. The highest BCUT2D eigenvalue weighted by Gasteiger charge is 2.09. The minimum absolute atomic E-state index is 0.618. The van der Waals surface area contributed by atoms with Crippen LogP contribution in [-0.2, 0) is 6.54 Å². The molecular weight excluding hydrogens is 256 g/mol. The molecule has 1 aromatic carbocycles. The van der Waals surface area contributed by atoms with Gasteiger partial charge in [0.2, 0.25) is 0 Å². The van der Waals surface area contributed by atoms with Crippen molar-refractivity contribution in [2.75, 3.05) is 13.1 Å². The van der Waals surface area contributed by atoms with Crippen molar-refractivity contribution >= 4 is 0 Å². The molecule has 0 fully saturated rings. The van der Waals surface area contributed by atoms with Crippen molar-refractivity contribution in [1.29, 1.82) is 0 Å². The molecule has 0 amide bonds. The normalized spacial score (nSPS) is 11.8. The first-order valence-corrected chi connectivity index (χ1v) is 8.61. The average molecular weight is 290 g/mol. The van der Waals surface area contributed by atoms with E-state index in [-0.39, 0.29) is 0 Å². The summed E-state index contributed by atoms with van der Waals surface area (Å²) in [5, 5.41) is 3.49. The number of benzene rings is 1. The Hall–Kier alpha value is -0.860. The molecule has 0 aromatic heterocycles. The van der Waals surface area contributed by atoms with Crippen LogP contribution in [0.1, 0.15) is 58.9 Å². The standard InChI is InChI=1S/C19H34N2/c1-17(2)20-14-10-5-6-11-15-21(18(3)4)16-19-12-8-7-9-13-19/h7-9,12-13,17-18,20H,5-6,10-11,14-16H2,1-4H3. The number of nitrogens with one attached hydrogen (secondary N) is 1. The summed E-state index contributed by atoms with van der Waals surface area (Å²) in [6.07, 6.45) is 5.31. The molecule has 0 atom stereocenters. The quantitative estimate of drug-likeness (QED) is 0.605. The maximum Gasteiger partial charge on any atom is 0.0236 e. The predicted molar refractivity (Wildman–Crippen MR) is 93.6 cm³/mol. The lowest BCUT2D eigenvalue weighted by molar-refractivity contribution is 0.208. The van der Waals surface area contributed by atoms with Gasteiger partial charge in [0, 0.05) is 18.6 Å². The van der Waals surface area contributed by atoms with E-state index < -0.39 is 0 Å². The molecule has 2 heteroatoms. The first-order valence-electron chi connectivity index (χ1n) is 8.61. The van der Waals surface area contributed by atoms with Crippen LogP contribution in [0, 0.1) is 0 Å². The van der Waals surface area contributed by atoms with E-state index in [0.29, 0.717) is 12.1 Å². The van der Waals surface area contributed by atoms with Crippen molar-refractivity contribution in [1.82, 2.24) is 10.2 Å². The summed E-state index contributed by atoms with van der Waals surface area (Å²) >= 11 is 0. The van der Waals surface area contributed by atoms with Gasteiger partial charge in [-0.1, -0.05) is 57.0 Å². The summed E-state index contributed by atoms with van der Waals surface area (Å²) in [5.74, 6) is 0. The van der Waals surface area contributed by atoms with Gasteiger partial charge in [-0.2, -0.15) is 0 Å². The van der Waals surface area contributed by atoms with Crippen molar-refractivity contribution in [3.63, 3.8) is 0 Å². The van der Waals surface area contributed by atoms with Crippen LogP contribution in [0.4, 0.5) is 0 Å². The largest absolute Gasteiger partial charge is 0.315 e. The van der Waals surface area contributed by atoms with Crippen LogP contribution in [0.25, 0.3) is 0 Å². The molecular formula is C19H34N2. The molecule has 0 heterocycles. The van der Waals surface area contributed by atoms with Crippen molar-refractivity contribution in [3.8, 4) is 0 Å². The van der Waals surface area contributed by atoms with Gasteiger partial charge in [-0.05, 0) is 45.3 Å². The average Bonchev–Trinajstić information content (AvgIpc) is 2.45. The fraction of sp³-hybridized carbons (Fsp3) is 0.684. The summed E-state index contributed by atoms with van der Waals surface area (Å²) in [4.78, 5) is 2.59. The molecule has 21 heavy (non-hydrogen) atoms. The molecule has 0 saturated heterocycles. The highest BCUT2D eigenvalue weighted by Crippen LogP contribution is 2.10. The van der Waals surface area contributed by atoms with Crippen LogP contribution in [0.2, 0.25) is 0 Å². The molecule has 0 spiro atoms. The molecule has 1 aromatic rings. The van der Waals surface area contributed by atoms with Gasteiger partial charge < -0.3 is 5.32 Å². The Labute approximate surface area is 131 Å². The zero-order valence-electron chi connectivity index (χ0n) is 14.4. The van der Waals surface area contributed by atoms with Crippen LogP contribution in [-0.4, -0.2) is 30.1 Å². The first kappa shape index (κ1) is 18.2. The summed E-state index contributed by atoms with van der Waals surface area (Å²) in [7, 11) is 0. The molecule has 0 bridgehead atoms. The molecule has 0 aliphatic heterocycles. The van der Waals surface area contributed by atoms with Gasteiger partial charge in [0.1, 0.15) is 0 Å². The summed E-state index contributed by atoms with van der Waals surface area (Å²) < 4.78 is 0. The Morgan fingerprint density at radius 2 is 1.57 bits per heavy atom. The van der Waals surface area contributed by atoms with Gasteiger partial charge in [0.15, 0.2) is 0 Å². The Bertz CT molecular complexity index is 346. The monoisotopic (exact) mass is 290 g/mol. The zero-order valence-corrected chi connectivity index (χ0v) is 14.4. The van der Waals surface area contributed by atoms with Gasteiger partial charge in [0.25, 0.3) is 0 Å². The van der Waals surface area contributed by atoms with Crippen molar-refractivity contribution < 1.29 is 0 Å². The third kappa shape index (κ3) is 8.90. The molecule has 120 valence electrons. The molecule has 1 N–H and O–H groups in total. The van der Waals surface area contributed by atoms with Crippen LogP contribution >= 0.6 is 0 Å². The van der Waals surface area contributed by atoms with E-state index in [1.807, 2.05) is 0 Å². The fourth-order valence-electron chi connectivity index (χ4n) is 2.52. The van der Waals surface area contributed by atoms with E-state index in [9.17, 15) is 0 Å². The van der Waals surface area contributed by atoms with Gasteiger partial charge in [0.05, 0.1) is 0 Å². The molecule has 0 unspecified atom stereocenters. The van der Waals surface area contributed by atoms with Gasteiger partial charge in [-0.15, -0.1) is 0 Å². The maximum absolute atomic E-state index is 3.49. The smallest absolute Gasteiger partial charge is 0.0236 e. The first-order chi connectivity index (χ1) is 10.1. The molecule has 2 nitrogen and oxygen atoms in total. The van der Waals surface area contributed by atoms with E-state index in [0.717, 1.165) is 13.1 Å². The lowest BCUT2D eigenvalue weighted by atomic mass is 10.1. The second-order valence-electron chi connectivity index (χ2n) is 6.57. The second-order valence-corrected chi connectivity index (χ2v) is 6.57. The summed E-state index contributed by atoms with van der Waals surface area (Å²) in [5.41, 5.74) is 1.42. The fourth-order valence-corrected chi connectivity index (χ4v) is 2.52. The number of unbranched alkanes of at least 4 members (excludes halogenated alkanes) is 3. The third-order valence-corrected chi connectivity index (χ3v) is 3.88. The lowest BCUT2D eigenvalue weighted by Crippen LogP contribution is -2.31. The Kier molecular flexibility index (Phi) is 9.36. The summed E-state index contributed by atoms with van der Waals surface area (Å²) in [6, 6.07) is 12.1. The van der Waals surface area contributed by atoms with Crippen molar-refractivity contribution in [2.45, 2.75) is 72.0 Å². The third-order valence-electron chi connectivity index (χ3n) is 3.88. The highest BCUT2D eigenvalue weighted by atomic mass is 15.1. The van der Waals surface area contributed by atoms with Crippen molar-refractivity contribution in [3.05, 3.63) is 35.9 Å². The molecule has 1 rings (SSSR count). The summed E-state index contributed by atoms with van der Waals surface area (Å²) in [6.45, 7) is 12.5. The molecule has 0 aliphatic rings. The van der Waals surface area contributed by atoms with Crippen LogP contribution in [0.5, 0.6) is 0 Å². The maximum atomic E-state index is 3.49. The highest BCUT2D eigenvalue weighted by molar-refractivity contribution is 5.14. The van der Waals surface area contributed by atoms with Crippen LogP contribution in [0.15, 0.2) is 30.3 Å². The van der Waals surface area contributed by atoms with Crippen LogP contribution < -0.4 is 5.32 Å². The SMILES string of the molecule is CC(C)NCCCCCCN(Cc1ccccc1)C(C)C. The minimum atomic E-state index is 0.618. The second kappa shape index (κ2) is 10.8. The van der Waals surface area contributed by atoms with E-state index in [1.54, 1.807) is 0 Å². The van der Waals surface area contributed by atoms with E-state index in [2.05, 4.69) is 68.2 Å². The number of nitrogens with zero attached hydrogens (tertiary/aromatic N) is 1. The number of hydrogen-bond acceptors (Lipinski definition) is 2. The van der Waals surface area contributed by atoms with Crippen molar-refractivity contribution in [2.24, 2.45) is 0 Å².